The maximum atomic E-state index is 13.7. The molecular weight excluding hydrogens is 231 g/mol. The van der Waals surface area contributed by atoms with Gasteiger partial charge in [-0.3, -0.25) is 0 Å². The molecule has 0 unspecified atom stereocenters. The first kappa shape index (κ1) is 12.2. The van der Waals surface area contributed by atoms with E-state index in [0.717, 1.165) is 5.69 Å². The Morgan fingerprint density at radius 3 is 2.56 bits per heavy atom. The van der Waals surface area contributed by atoms with Crippen molar-refractivity contribution in [3.8, 4) is 5.75 Å². The third-order valence-corrected chi connectivity index (χ3v) is 2.75. The summed E-state index contributed by atoms with van der Waals surface area (Å²) in [5.41, 5.74) is 7.63. The summed E-state index contributed by atoms with van der Waals surface area (Å²) >= 11 is 0. The summed E-state index contributed by atoms with van der Waals surface area (Å²) in [5, 5.41) is 0. The van der Waals surface area contributed by atoms with Crippen LogP contribution in [0.5, 0.6) is 5.75 Å². The molecule has 0 aromatic heterocycles. The molecule has 0 bridgehead atoms. The molecule has 0 atom stereocenters. The highest BCUT2D eigenvalue weighted by atomic mass is 19.1. The lowest BCUT2D eigenvalue weighted by molar-refractivity contribution is 0.415. The third-order valence-electron chi connectivity index (χ3n) is 2.75. The third kappa shape index (κ3) is 2.37. The van der Waals surface area contributed by atoms with Crippen LogP contribution >= 0.6 is 0 Å². The number of para-hydroxylation sites is 1. The predicted octanol–water partition coefficient (Wildman–Crippen LogP) is 3.18. The van der Waals surface area contributed by atoms with E-state index in [-0.39, 0.29) is 5.82 Å². The molecule has 0 saturated heterocycles. The number of hydrogen-bond acceptors (Lipinski definition) is 3. The zero-order valence-electron chi connectivity index (χ0n) is 10.4. The molecule has 94 valence electrons. The van der Waals surface area contributed by atoms with Crippen LogP contribution in [-0.4, -0.2) is 14.2 Å². The van der Waals surface area contributed by atoms with Crippen molar-refractivity contribution >= 4 is 17.1 Å². The molecule has 4 heteroatoms. The fraction of sp³-hybridized carbons (Fsp3) is 0.143. The molecule has 0 aliphatic carbocycles. The molecule has 2 aromatic carbocycles. The normalized spacial score (nSPS) is 10.2. The highest BCUT2D eigenvalue weighted by Gasteiger charge is 2.10. The van der Waals surface area contributed by atoms with Gasteiger partial charge >= 0.3 is 0 Å². The monoisotopic (exact) mass is 246 g/mol. The Bertz CT molecular complexity index is 557. The lowest BCUT2D eigenvalue weighted by Gasteiger charge is -2.21. The van der Waals surface area contributed by atoms with Gasteiger partial charge < -0.3 is 15.4 Å². The number of methoxy groups -OCH3 is 1. The zero-order valence-corrected chi connectivity index (χ0v) is 10.4. The number of rotatable bonds is 3. The number of benzene rings is 2. The van der Waals surface area contributed by atoms with Crippen molar-refractivity contribution in [1.82, 2.24) is 0 Å². The number of hydrogen-bond donors (Lipinski definition) is 1. The van der Waals surface area contributed by atoms with E-state index >= 15 is 0 Å². The average molecular weight is 246 g/mol. The largest absolute Gasteiger partial charge is 0.497 e. The van der Waals surface area contributed by atoms with Crippen molar-refractivity contribution in [1.29, 1.82) is 0 Å². The van der Waals surface area contributed by atoms with E-state index in [0.29, 0.717) is 17.1 Å². The Balaban J connectivity index is 2.43. The first-order chi connectivity index (χ1) is 8.61. The van der Waals surface area contributed by atoms with Gasteiger partial charge in [0.2, 0.25) is 0 Å². The predicted molar refractivity (Wildman–Crippen MR) is 71.9 cm³/mol. The van der Waals surface area contributed by atoms with E-state index in [9.17, 15) is 4.39 Å². The van der Waals surface area contributed by atoms with E-state index in [4.69, 9.17) is 10.5 Å². The average Bonchev–Trinajstić information content (AvgIpc) is 2.37. The summed E-state index contributed by atoms with van der Waals surface area (Å²) in [7, 11) is 3.36. The van der Waals surface area contributed by atoms with Crippen molar-refractivity contribution in [3.63, 3.8) is 0 Å². The smallest absolute Gasteiger partial charge is 0.146 e. The maximum Gasteiger partial charge on any atom is 0.146 e. The topological polar surface area (TPSA) is 38.5 Å². The van der Waals surface area contributed by atoms with Crippen LogP contribution in [0.2, 0.25) is 0 Å². The molecular formula is C14H15FN2O. The minimum absolute atomic E-state index is 0.276. The molecule has 0 aliphatic heterocycles. The number of ether oxygens (including phenoxy) is 1. The first-order valence-corrected chi connectivity index (χ1v) is 5.54. The van der Waals surface area contributed by atoms with E-state index in [1.807, 2.05) is 6.07 Å². The SMILES string of the molecule is COc1cc(N)cc(N(C)c2ccccc2F)c1. The van der Waals surface area contributed by atoms with Gasteiger partial charge in [-0.25, -0.2) is 4.39 Å². The lowest BCUT2D eigenvalue weighted by atomic mass is 10.2. The van der Waals surface area contributed by atoms with E-state index < -0.39 is 0 Å². The van der Waals surface area contributed by atoms with Crippen molar-refractivity contribution in [2.45, 2.75) is 0 Å². The van der Waals surface area contributed by atoms with Crippen LogP contribution in [0.1, 0.15) is 0 Å². The standard InChI is InChI=1S/C14H15FN2O/c1-17(14-6-4-3-5-13(14)15)11-7-10(16)8-12(9-11)18-2/h3-9H,16H2,1-2H3. The summed E-state index contributed by atoms with van der Waals surface area (Å²) in [6, 6.07) is 11.9. The number of nitrogen functional groups attached to an aromatic ring is 1. The summed E-state index contributed by atoms with van der Waals surface area (Å²) in [5.74, 6) is 0.370. The molecule has 0 heterocycles. The molecule has 0 amide bonds. The summed E-state index contributed by atoms with van der Waals surface area (Å²) in [4.78, 5) is 1.73. The van der Waals surface area contributed by atoms with Crippen molar-refractivity contribution in [2.75, 3.05) is 24.8 Å². The lowest BCUT2D eigenvalue weighted by Crippen LogP contribution is -2.11. The molecule has 2 N–H and O–H groups in total. The van der Waals surface area contributed by atoms with Gasteiger partial charge in [0.05, 0.1) is 12.8 Å². The van der Waals surface area contributed by atoms with Crippen molar-refractivity contribution in [2.24, 2.45) is 0 Å². The van der Waals surface area contributed by atoms with Crippen LogP contribution < -0.4 is 15.4 Å². The van der Waals surface area contributed by atoms with Gasteiger partial charge in [-0.2, -0.15) is 0 Å². The van der Waals surface area contributed by atoms with Crippen molar-refractivity contribution < 1.29 is 9.13 Å². The van der Waals surface area contributed by atoms with Gasteiger partial charge in [-0.05, 0) is 18.2 Å². The molecule has 0 saturated carbocycles. The molecule has 0 spiro atoms. The van der Waals surface area contributed by atoms with Crippen LogP contribution in [0.25, 0.3) is 0 Å². The van der Waals surface area contributed by atoms with Gasteiger partial charge in [-0.15, -0.1) is 0 Å². The highest BCUT2D eigenvalue weighted by molar-refractivity contribution is 5.68. The second-order valence-corrected chi connectivity index (χ2v) is 3.97. The molecule has 0 radical (unpaired) electrons. The van der Waals surface area contributed by atoms with Gasteiger partial charge in [0.25, 0.3) is 0 Å². The first-order valence-electron chi connectivity index (χ1n) is 5.54. The fourth-order valence-electron chi connectivity index (χ4n) is 1.78. The summed E-state index contributed by atoms with van der Waals surface area (Å²) in [6.45, 7) is 0. The molecule has 2 aromatic rings. The second-order valence-electron chi connectivity index (χ2n) is 3.97. The Morgan fingerprint density at radius 2 is 1.89 bits per heavy atom. The molecule has 0 aliphatic rings. The Labute approximate surface area is 106 Å². The highest BCUT2D eigenvalue weighted by Crippen LogP contribution is 2.30. The molecule has 2 rings (SSSR count). The van der Waals surface area contributed by atoms with E-state index in [1.165, 1.54) is 6.07 Å². The van der Waals surface area contributed by atoms with Gasteiger partial charge in [0, 0.05) is 30.6 Å². The van der Waals surface area contributed by atoms with Crippen LogP contribution in [0.3, 0.4) is 0 Å². The molecule has 18 heavy (non-hydrogen) atoms. The number of nitrogens with zero attached hydrogens (tertiary/aromatic N) is 1. The number of nitrogens with two attached hydrogens (primary N) is 1. The van der Waals surface area contributed by atoms with Gasteiger partial charge in [0.1, 0.15) is 11.6 Å². The summed E-state index contributed by atoms with van der Waals surface area (Å²) < 4.78 is 18.9. The van der Waals surface area contributed by atoms with Crippen LogP contribution in [-0.2, 0) is 0 Å². The van der Waals surface area contributed by atoms with Crippen LogP contribution in [0.4, 0.5) is 21.5 Å². The number of halogens is 1. The molecule has 0 fully saturated rings. The van der Waals surface area contributed by atoms with Crippen LogP contribution in [0, 0.1) is 5.82 Å². The summed E-state index contributed by atoms with van der Waals surface area (Å²) in [6.07, 6.45) is 0. The van der Waals surface area contributed by atoms with Gasteiger partial charge in [-0.1, -0.05) is 12.1 Å². The van der Waals surface area contributed by atoms with Crippen LogP contribution in [0.15, 0.2) is 42.5 Å². The molecule has 3 nitrogen and oxygen atoms in total. The Morgan fingerprint density at radius 1 is 1.17 bits per heavy atom. The van der Waals surface area contributed by atoms with E-state index in [1.54, 1.807) is 49.4 Å². The maximum absolute atomic E-state index is 13.7. The minimum atomic E-state index is -0.276. The zero-order chi connectivity index (χ0) is 13.1. The van der Waals surface area contributed by atoms with E-state index in [2.05, 4.69) is 0 Å². The Hall–Kier alpha value is -2.23. The van der Waals surface area contributed by atoms with Crippen molar-refractivity contribution in [3.05, 3.63) is 48.3 Å². The van der Waals surface area contributed by atoms with Gasteiger partial charge in [0.15, 0.2) is 0 Å². The quantitative estimate of drug-likeness (QED) is 0.845. The number of anilines is 3. The second kappa shape index (κ2) is 4.96. The fourth-order valence-corrected chi connectivity index (χ4v) is 1.78. The minimum Gasteiger partial charge on any atom is -0.497 e. The Kier molecular flexibility index (Phi) is 3.37.